The van der Waals surface area contributed by atoms with Gasteiger partial charge in [0.25, 0.3) is 0 Å². The number of alkyl halides is 3. The van der Waals surface area contributed by atoms with Gasteiger partial charge in [0.2, 0.25) is 0 Å². The highest BCUT2D eigenvalue weighted by Gasteiger charge is 2.50. The molecule has 19 heavy (non-hydrogen) atoms. The van der Waals surface area contributed by atoms with Gasteiger partial charge in [-0.05, 0) is 0 Å². The molecule has 1 unspecified atom stereocenters. The van der Waals surface area contributed by atoms with Gasteiger partial charge in [0.05, 0.1) is 0 Å². The third-order valence-corrected chi connectivity index (χ3v) is 7.79. The molecule has 112 valence electrons. The van der Waals surface area contributed by atoms with Crippen molar-refractivity contribution in [2.75, 3.05) is 7.05 Å². The minimum Gasteiger partial charge on any atom is -0.264 e. The Morgan fingerprint density at radius 2 is 1.37 bits per heavy atom. The van der Waals surface area contributed by atoms with E-state index in [0.29, 0.717) is 0 Å². The highest BCUT2D eigenvalue weighted by molar-refractivity contribution is 7.78. The van der Waals surface area contributed by atoms with Gasteiger partial charge >= 0.3 is 35.4 Å². The van der Waals surface area contributed by atoms with E-state index in [-0.39, 0.29) is 7.05 Å². The highest BCUT2D eigenvalue weighted by Crippen LogP contribution is 2.82. The molecule has 1 amide bonds. The molecule has 16 heteroatoms. The Balaban J connectivity index is 3.43. The van der Waals surface area contributed by atoms with Gasteiger partial charge in [0.15, 0.2) is 0 Å². The van der Waals surface area contributed by atoms with Crippen molar-refractivity contribution in [3.63, 3.8) is 0 Å². The van der Waals surface area contributed by atoms with E-state index in [1.54, 1.807) is 4.52 Å². The summed E-state index contributed by atoms with van der Waals surface area (Å²) in [6, 6.07) is 0. The third-order valence-electron chi connectivity index (χ3n) is 1.58. The van der Waals surface area contributed by atoms with Gasteiger partial charge in [-0.1, -0.05) is 0 Å². The first-order valence-electron chi connectivity index (χ1n) is 3.94. The first-order valence-corrected chi connectivity index (χ1v) is 8.43. The van der Waals surface area contributed by atoms with Crippen molar-refractivity contribution >= 4 is 29.2 Å². The van der Waals surface area contributed by atoms with Gasteiger partial charge in [-0.2, -0.15) is 17.4 Å². The fourth-order valence-electron chi connectivity index (χ4n) is 0.876. The maximum Gasteiger partial charge on any atom is 0.471 e. The van der Waals surface area contributed by atoms with Crippen molar-refractivity contribution in [1.82, 2.24) is 4.67 Å². The molecular formula is C3H3F8N4OP3. The summed E-state index contributed by atoms with van der Waals surface area (Å²) in [4.78, 5) is 10.7. The monoisotopic (exact) mass is 356 g/mol. The molecule has 0 aromatic rings. The highest BCUT2D eigenvalue weighted by atomic mass is 31.3. The smallest absolute Gasteiger partial charge is 0.264 e. The van der Waals surface area contributed by atoms with Gasteiger partial charge in [-0.25, -0.2) is 0 Å². The Labute approximate surface area is 101 Å². The van der Waals surface area contributed by atoms with Crippen LogP contribution in [0.1, 0.15) is 0 Å². The summed E-state index contributed by atoms with van der Waals surface area (Å²) >= 11 is 0. The fraction of sp³-hybridized carbons (Fsp3) is 0.667. The van der Waals surface area contributed by atoms with Gasteiger partial charge in [-0.3, -0.25) is 9.46 Å². The van der Waals surface area contributed by atoms with Crippen LogP contribution in [0, 0.1) is 0 Å². The van der Waals surface area contributed by atoms with Crippen LogP contribution < -0.4 is 0 Å². The van der Waals surface area contributed by atoms with Crippen LogP contribution in [0.2, 0.25) is 0 Å². The number of carbonyl (C=O) groups is 1. The lowest BCUT2D eigenvalue weighted by Gasteiger charge is -2.25. The van der Waals surface area contributed by atoms with E-state index in [1.807, 2.05) is 9.03 Å². The molecule has 0 radical (unpaired) electrons. The standard InChI is InChI=1S/C3H3F8N4OP3/c1-15(2(16)3(4,5)6)19(11)13-17(7,8)12-18(9,10)14-19/h1H3. The number of hydrogen-bond acceptors (Lipinski definition) is 4. The quantitative estimate of drug-likeness (QED) is 0.439. The molecular weight excluding hydrogens is 353 g/mol. The molecule has 0 saturated carbocycles. The van der Waals surface area contributed by atoms with Crippen LogP contribution in [-0.4, -0.2) is 23.8 Å². The Morgan fingerprint density at radius 1 is 0.947 bits per heavy atom. The molecule has 1 aliphatic heterocycles. The molecule has 1 atom stereocenters. The Bertz CT molecular complexity index is 561. The summed E-state index contributed by atoms with van der Waals surface area (Å²) in [5, 5.41) is 0. The summed E-state index contributed by atoms with van der Waals surface area (Å²) in [7, 11) is -18.1. The fourth-order valence-corrected chi connectivity index (χ4v) is 6.80. The molecule has 1 aliphatic rings. The predicted molar refractivity (Wildman–Crippen MR) is 52.4 cm³/mol. The van der Waals surface area contributed by atoms with Gasteiger partial charge in [0, 0.05) is 7.05 Å². The topological polar surface area (TPSA) is 57.4 Å². The predicted octanol–water partition coefficient (Wildman–Crippen LogP) is 5.71. The third kappa shape index (κ3) is 3.79. The maximum atomic E-state index is 13.8. The molecule has 0 aromatic heterocycles. The van der Waals surface area contributed by atoms with Crippen molar-refractivity contribution in [2.24, 2.45) is 13.5 Å². The molecule has 0 spiro atoms. The number of nitrogens with zero attached hydrogens (tertiary/aromatic N) is 4. The lowest BCUT2D eigenvalue weighted by atomic mass is 10.6. The molecule has 0 bridgehead atoms. The van der Waals surface area contributed by atoms with Crippen molar-refractivity contribution in [3.05, 3.63) is 0 Å². The zero-order valence-corrected chi connectivity index (χ0v) is 11.2. The number of amides is 1. The normalized spacial score (nSPS) is 28.7. The second-order valence-electron chi connectivity index (χ2n) is 3.00. The summed E-state index contributed by atoms with van der Waals surface area (Å²) in [6.07, 6.45) is -5.63. The van der Waals surface area contributed by atoms with Crippen molar-refractivity contribution in [3.8, 4) is 0 Å². The SMILES string of the molecule is CN(C(=O)C(F)(F)F)P1(F)=NP(F)(F)=NP(F)(F)=N1. The van der Waals surface area contributed by atoms with Crippen LogP contribution in [-0.2, 0) is 4.79 Å². The number of rotatable bonds is 1. The summed E-state index contributed by atoms with van der Waals surface area (Å²) in [6.45, 7) is 0. The number of carbonyl (C=O) groups excluding carboxylic acids is 1. The molecule has 0 saturated heterocycles. The van der Waals surface area contributed by atoms with Crippen molar-refractivity contribution in [1.29, 1.82) is 0 Å². The minimum atomic E-state index is -6.16. The van der Waals surface area contributed by atoms with Crippen LogP contribution in [0.4, 0.5) is 34.2 Å². The molecule has 0 fully saturated rings. The van der Waals surface area contributed by atoms with E-state index in [9.17, 15) is 39.0 Å². The largest absolute Gasteiger partial charge is 0.471 e. The lowest BCUT2D eigenvalue weighted by Crippen LogP contribution is -2.35. The average Bonchev–Trinajstić information content (AvgIpc) is 2.07. The Kier molecular flexibility index (Phi) is 4.00. The van der Waals surface area contributed by atoms with E-state index in [0.717, 1.165) is 0 Å². The van der Waals surface area contributed by atoms with E-state index in [4.69, 9.17) is 0 Å². The average molecular weight is 356 g/mol. The van der Waals surface area contributed by atoms with E-state index in [1.165, 1.54) is 0 Å². The van der Waals surface area contributed by atoms with Gasteiger partial charge in [-0.15, -0.1) is 30.3 Å². The molecule has 0 aromatic carbocycles. The zero-order valence-electron chi connectivity index (χ0n) is 8.56. The first kappa shape index (κ1) is 16.7. The molecule has 0 aliphatic carbocycles. The van der Waals surface area contributed by atoms with Crippen molar-refractivity contribution < 1.29 is 39.0 Å². The number of halogens is 8. The summed E-state index contributed by atoms with van der Waals surface area (Å²) < 4.78 is 105. The Morgan fingerprint density at radius 3 is 1.74 bits per heavy atom. The van der Waals surface area contributed by atoms with Crippen LogP contribution in [0.5, 0.6) is 0 Å². The zero-order chi connectivity index (χ0) is 15.3. The van der Waals surface area contributed by atoms with Crippen LogP contribution in [0.15, 0.2) is 13.5 Å². The van der Waals surface area contributed by atoms with Gasteiger partial charge < -0.3 is 0 Å². The maximum absolute atomic E-state index is 13.8. The minimum absolute atomic E-state index is 0.0852. The molecule has 1 heterocycles. The van der Waals surface area contributed by atoms with Crippen molar-refractivity contribution in [2.45, 2.75) is 6.18 Å². The summed E-state index contributed by atoms with van der Waals surface area (Å²) in [5.41, 5.74) is 0. The number of hydrogen-bond donors (Lipinski definition) is 0. The first-order chi connectivity index (χ1) is 8.19. The van der Waals surface area contributed by atoms with Crippen LogP contribution in [0.3, 0.4) is 0 Å². The second kappa shape index (κ2) is 4.56. The molecule has 0 N–H and O–H groups in total. The van der Waals surface area contributed by atoms with Crippen LogP contribution >= 0.6 is 23.3 Å². The summed E-state index contributed by atoms with van der Waals surface area (Å²) in [5.74, 6) is -2.93. The van der Waals surface area contributed by atoms with Crippen LogP contribution in [0.25, 0.3) is 0 Å². The van der Waals surface area contributed by atoms with E-state index in [2.05, 4.69) is 0 Å². The van der Waals surface area contributed by atoms with E-state index >= 15 is 0 Å². The molecule has 1 rings (SSSR count). The molecule has 5 nitrogen and oxygen atoms in total. The lowest BCUT2D eigenvalue weighted by molar-refractivity contribution is -0.179. The van der Waals surface area contributed by atoms with Gasteiger partial charge in [0.1, 0.15) is 0 Å². The van der Waals surface area contributed by atoms with E-state index < -0.39 is 40.1 Å². The second-order valence-corrected chi connectivity index (χ2v) is 8.56. The Hall–Kier alpha value is -0.400.